The van der Waals surface area contributed by atoms with Gasteiger partial charge in [0.1, 0.15) is 11.2 Å². The van der Waals surface area contributed by atoms with Crippen LogP contribution < -0.4 is 10.6 Å². The van der Waals surface area contributed by atoms with Gasteiger partial charge in [0, 0.05) is 100 Å². The van der Waals surface area contributed by atoms with Crippen molar-refractivity contribution < 1.29 is 47.8 Å². The third kappa shape index (κ3) is 15.1. The summed E-state index contributed by atoms with van der Waals surface area (Å²) in [5.41, 5.74) is -0.754. The number of nitrogens with one attached hydrogen (secondary N) is 2. The summed E-state index contributed by atoms with van der Waals surface area (Å²) in [5, 5.41) is 5.66. The average Bonchev–Trinajstić information content (AvgIpc) is 3.27. The van der Waals surface area contributed by atoms with E-state index in [1.54, 1.807) is 9.80 Å². The lowest BCUT2D eigenvalue weighted by molar-refractivity contribution is -0.141. The lowest BCUT2D eigenvalue weighted by atomic mass is 9.81. The molecule has 0 aromatic heterocycles. The molecular formula is C48H64N6O10. The molecule has 0 atom stereocenters. The Labute approximate surface area is 376 Å². The molecule has 346 valence electrons. The number of alkyl carbamates (subject to hydrolysis) is 2. The molecule has 2 aliphatic heterocycles. The highest BCUT2D eigenvalue weighted by Crippen LogP contribution is 2.31. The van der Waals surface area contributed by atoms with Crippen LogP contribution in [-0.2, 0) is 28.7 Å². The van der Waals surface area contributed by atoms with Crippen molar-refractivity contribution in [1.82, 2.24) is 30.2 Å². The minimum atomic E-state index is -0.600. The van der Waals surface area contributed by atoms with E-state index in [9.17, 15) is 38.4 Å². The molecule has 16 heteroatoms. The second-order valence-corrected chi connectivity index (χ2v) is 19.2. The third-order valence-corrected chi connectivity index (χ3v) is 12.0. The molecular weight excluding hydrogens is 821 g/mol. The van der Waals surface area contributed by atoms with Crippen LogP contribution >= 0.6 is 0 Å². The van der Waals surface area contributed by atoms with Crippen molar-refractivity contribution in [3.8, 4) is 23.7 Å². The molecule has 16 nitrogen and oxygen atoms in total. The molecule has 2 saturated carbocycles. The van der Waals surface area contributed by atoms with Gasteiger partial charge in [-0.15, -0.1) is 0 Å². The fourth-order valence-electron chi connectivity index (χ4n) is 8.38. The van der Waals surface area contributed by atoms with E-state index in [4.69, 9.17) is 9.47 Å². The minimum absolute atomic E-state index is 0.0774. The molecule has 2 N–H and O–H groups in total. The van der Waals surface area contributed by atoms with Crippen LogP contribution in [0.2, 0.25) is 0 Å². The molecule has 64 heavy (non-hydrogen) atoms. The monoisotopic (exact) mass is 884 g/mol. The van der Waals surface area contributed by atoms with Crippen LogP contribution in [0.4, 0.5) is 9.59 Å². The fourth-order valence-corrected chi connectivity index (χ4v) is 8.38. The number of rotatable bonds is 8. The summed E-state index contributed by atoms with van der Waals surface area (Å²) in [6, 6.07) is 5.66. The van der Waals surface area contributed by atoms with Crippen molar-refractivity contribution in [3.05, 3.63) is 35.4 Å². The number of hydrogen-bond donors (Lipinski definition) is 2. The van der Waals surface area contributed by atoms with Crippen molar-refractivity contribution in [2.75, 3.05) is 65.4 Å². The van der Waals surface area contributed by atoms with Gasteiger partial charge in [-0.05, 0) is 141 Å². The highest BCUT2D eigenvalue weighted by molar-refractivity contribution is 6.15. The van der Waals surface area contributed by atoms with Crippen LogP contribution in [0.25, 0.3) is 0 Å². The molecule has 1 aromatic carbocycles. The van der Waals surface area contributed by atoms with Crippen LogP contribution in [-0.4, -0.2) is 144 Å². The molecule has 4 fully saturated rings. The van der Waals surface area contributed by atoms with E-state index < -0.39 is 46.8 Å². The maximum atomic E-state index is 13.2. The first-order valence-corrected chi connectivity index (χ1v) is 22.6. The molecule has 0 radical (unpaired) electrons. The zero-order chi connectivity index (χ0) is 46.6. The summed E-state index contributed by atoms with van der Waals surface area (Å²) in [7, 11) is 0. The maximum absolute atomic E-state index is 13.2. The van der Waals surface area contributed by atoms with E-state index in [2.05, 4.69) is 34.3 Å². The van der Waals surface area contributed by atoms with E-state index >= 15 is 0 Å². The molecule has 1 aromatic rings. The molecule has 0 spiro atoms. The minimum Gasteiger partial charge on any atom is -0.444 e. The fraction of sp³-hybridized carbons (Fsp3) is 0.625. The summed E-state index contributed by atoms with van der Waals surface area (Å²) in [6.07, 6.45) is 5.40. The van der Waals surface area contributed by atoms with Crippen molar-refractivity contribution in [2.45, 2.75) is 104 Å². The van der Waals surface area contributed by atoms with Crippen LogP contribution in [0, 0.1) is 47.4 Å². The number of benzene rings is 1. The van der Waals surface area contributed by atoms with Crippen molar-refractivity contribution in [3.63, 3.8) is 0 Å². The van der Waals surface area contributed by atoms with Gasteiger partial charge < -0.3 is 39.7 Å². The van der Waals surface area contributed by atoms with Gasteiger partial charge in [-0.1, -0.05) is 0 Å². The lowest BCUT2D eigenvalue weighted by Crippen LogP contribution is -2.52. The molecule has 0 unspecified atom stereocenters. The highest BCUT2D eigenvalue weighted by atomic mass is 16.6. The second-order valence-electron chi connectivity index (χ2n) is 19.2. The quantitative estimate of drug-likeness (QED) is 0.219. The second kappa shape index (κ2) is 22.1. The number of carbonyl (C=O) groups excluding carboxylic acids is 8. The average molecular weight is 885 g/mol. The topological polar surface area (TPSA) is 192 Å². The summed E-state index contributed by atoms with van der Waals surface area (Å²) in [5.74, 6) is 7.92. The van der Waals surface area contributed by atoms with Gasteiger partial charge in [0.25, 0.3) is 11.8 Å². The Kier molecular flexibility index (Phi) is 17.0. The first-order chi connectivity index (χ1) is 30.2. The van der Waals surface area contributed by atoms with Crippen molar-refractivity contribution >= 4 is 47.4 Å². The van der Waals surface area contributed by atoms with E-state index in [1.165, 1.54) is 34.1 Å². The van der Waals surface area contributed by atoms with E-state index in [0.29, 0.717) is 65.4 Å². The Hall–Kier alpha value is -5.90. The molecule has 6 amide bonds. The van der Waals surface area contributed by atoms with Crippen LogP contribution in [0.3, 0.4) is 0 Å². The van der Waals surface area contributed by atoms with E-state index in [1.807, 2.05) is 41.5 Å². The molecule has 2 heterocycles. The van der Waals surface area contributed by atoms with Gasteiger partial charge in [-0.2, -0.15) is 0 Å². The smallest absolute Gasteiger partial charge is 0.407 e. The first kappa shape index (κ1) is 49.1. The number of amides is 6. The molecule has 2 saturated heterocycles. The number of ketones is 2. The Morgan fingerprint density at radius 1 is 0.484 bits per heavy atom. The molecule has 0 bridgehead atoms. The van der Waals surface area contributed by atoms with E-state index in [0.717, 1.165) is 51.4 Å². The summed E-state index contributed by atoms with van der Waals surface area (Å²) in [6.45, 7) is 14.7. The molecule has 2 aliphatic carbocycles. The first-order valence-electron chi connectivity index (χ1n) is 22.6. The largest absolute Gasteiger partial charge is 0.444 e. The normalized spacial score (nSPS) is 21.5. The van der Waals surface area contributed by atoms with Gasteiger partial charge in [0.2, 0.25) is 23.4 Å². The Bertz CT molecular complexity index is 1870. The molecule has 4 aliphatic rings. The zero-order valence-corrected chi connectivity index (χ0v) is 38.2. The number of ether oxygens (including phenoxy) is 2. The summed E-state index contributed by atoms with van der Waals surface area (Å²) in [4.78, 5) is 108. The number of nitrogens with zero attached hydrogens (tertiary/aromatic N) is 4. The van der Waals surface area contributed by atoms with Gasteiger partial charge >= 0.3 is 12.2 Å². The van der Waals surface area contributed by atoms with Gasteiger partial charge in [-0.3, -0.25) is 28.8 Å². The lowest BCUT2D eigenvalue weighted by Gasteiger charge is -2.37. The van der Waals surface area contributed by atoms with Crippen molar-refractivity contribution in [2.24, 2.45) is 23.7 Å². The van der Waals surface area contributed by atoms with Gasteiger partial charge in [-0.25, -0.2) is 9.59 Å². The maximum Gasteiger partial charge on any atom is 0.407 e. The summed E-state index contributed by atoms with van der Waals surface area (Å²) < 4.78 is 10.6. The predicted octanol–water partition coefficient (Wildman–Crippen LogP) is 4.06. The number of piperazine rings is 2. The Balaban J connectivity index is 0.976. The highest BCUT2D eigenvalue weighted by Gasteiger charge is 2.34. The van der Waals surface area contributed by atoms with Crippen molar-refractivity contribution in [1.29, 1.82) is 0 Å². The summed E-state index contributed by atoms with van der Waals surface area (Å²) >= 11 is 0. The van der Waals surface area contributed by atoms with Crippen LogP contribution in [0.5, 0.6) is 0 Å². The SMILES string of the molecule is CC(C)(C)OC(=O)NC[C@H]1CC[C@H](C(=O)N2CCN(C(=O)C#CC(=O)c3ccc(C(=O)C#CC(=O)N4CCN(C(=O)[C@H]5CC[C@H](CNC(=O)OC(C)(C)C)CC5)CC4)cc3)CC2)CC1. The number of carbonyl (C=O) groups is 8. The standard InChI is InChI=1S/C48H64N6O10/c1-47(2,3)63-45(61)49-31-33-7-11-37(12-8-33)43(59)53-27-23-51(24-28-53)41(57)21-19-39(55)35-15-17-36(18-16-35)40(56)20-22-42(58)52-25-29-54(30-26-52)44(60)38-13-9-34(10-14-38)32-50-46(62)64-48(4,5)6/h15-18,33-34,37-38H,7-14,23-32H2,1-6H3,(H,49,61)(H,50,62)/t33-,34-,37-,38-. The van der Waals surface area contributed by atoms with Crippen LogP contribution in [0.15, 0.2) is 24.3 Å². The zero-order valence-electron chi connectivity index (χ0n) is 38.2. The number of Topliss-reactive ketones (excluding diaryl/α,β-unsaturated/α-hetero) is 2. The predicted molar refractivity (Wildman–Crippen MR) is 236 cm³/mol. The Morgan fingerprint density at radius 3 is 1.08 bits per heavy atom. The molecule has 5 rings (SSSR count). The number of hydrogen-bond acceptors (Lipinski definition) is 10. The van der Waals surface area contributed by atoms with E-state index in [-0.39, 0.29) is 46.6 Å². The van der Waals surface area contributed by atoms with Crippen LogP contribution in [0.1, 0.15) is 114 Å². The van der Waals surface area contributed by atoms with Gasteiger partial charge in [0.05, 0.1) is 0 Å². The van der Waals surface area contributed by atoms with Gasteiger partial charge in [0.15, 0.2) is 0 Å². The third-order valence-electron chi connectivity index (χ3n) is 12.0. The Morgan fingerprint density at radius 2 is 0.781 bits per heavy atom.